The first kappa shape index (κ1) is 12.7. The predicted octanol–water partition coefficient (Wildman–Crippen LogP) is 0.527. The Balaban J connectivity index is 1.88. The Hall–Kier alpha value is -1.31. The summed E-state index contributed by atoms with van der Waals surface area (Å²) in [5.41, 5.74) is 1.57. The maximum atomic E-state index is 10.9. The lowest BCUT2D eigenvalue weighted by atomic mass is 10.2. The Morgan fingerprint density at radius 1 is 1.63 bits per heavy atom. The second-order valence-corrected chi connectivity index (χ2v) is 6.22. The highest BCUT2D eigenvalue weighted by molar-refractivity contribution is 8.00. The molecular weight excluding hydrogens is 288 g/mol. The third-order valence-electron chi connectivity index (χ3n) is 3.19. The lowest BCUT2D eigenvalue weighted by Crippen LogP contribution is -2.48. The Morgan fingerprint density at radius 2 is 2.47 bits per heavy atom. The average molecular weight is 299 g/mol. The first-order chi connectivity index (χ1) is 9.10. The normalized spacial score (nSPS) is 32.9. The summed E-state index contributed by atoms with van der Waals surface area (Å²) in [4.78, 5) is 20.7. The van der Waals surface area contributed by atoms with Gasteiger partial charge in [-0.1, -0.05) is 0 Å². The highest BCUT2D eigenvalue weighted by Crippen LogP contribution is 2.37. The van der Waals surface area contributed by atoms with E-state index in [1.54, 1.807) is 36.7 Å². The maximum absolute atomic E-state index is 10.9. The first-order valence-corrected chi connectivity index (χ1v) is 7.15. The van der Waals surface area contributed by atoms with Crippen molar-refractivity contribution in [3.63, 3.8) is 0 Å². The van der Waals surface area contributed by atoms with Crippen molar-refractivity contribution in [2.45, 2.75) is 5.25 Å². The molecule has 1 fully saturated rings. The molecule has 0 aromatic rings. The molecule has 1 amide bonds. The Morgan fingerprint density at radius 3 is 3.26 bits per heavy atom. The lowest BCUT2D eigenvalue weighted by Gasteiger charge is -2.33. The number of quaternary nitrogens is 1. The molecule has 0 aliphatic carbocycles. The van der Waals surface area contributed by atoms with E-state index in [1.165, 1.54) is 4.90 Å². The quantitative estimate of drug-likeness (QED) is 0.663. The van der Waals surface area contributed by atoms with E-state index in [-0.39, 0.29) is 9.25 Å². The number of hydrogen-bond acceptors (Lipinski definition) is 5. The van der Waals surface area contributed by atoms with Crippen LogP contribution in [-0.2, 0) is 0 Å². The van der Waals surface area contributed by atoms with Crippen molar-refractivity contribution in [2.75, 3.05) is 18.8 Å². The summed E-state index contributed by atoms with van der Waals surface area (Å²) < 4.78 is -0.0266. The van der Waals surface area contributed by atoms with Gasteiger partial charge in [0.15, 0.2) is 11.8 Å². The van der Waals surface area contributed by atoms with Crippen LogP contribution in [0.2, 0.25) is 0 Å². The van der Waals surface area contributed by atoms with Crippen LogP contribution >= 0.6 is 23.5 Å². The average Bonchev–Trinajstić information content (AvgIpc) is 2.76. The van der Waals surface area contributed by atoms with Crippen LogP contribution in [0.1, 0.15) is 0 Å². The highest BCUT2D eigenvalue weighted by atomic mass is 35.5. The molecule has 1 saturated heterocycles. The number of thioether (sulfide) groups is 1. The summed E-state index contributed by atoms with van der Waals surface area (Å²) in [5.74, 6) is 0.722. The SMILES string of the molecule is O=C([O-])N1CCSC(C2=C3C=NC=C[N+]3(Cl)C=N2)C1. The fraction of sp³-hybridized carbons (Fsp3) is 0.364. The van der Waals surface area contributed by atoms with Gasteiger partial charge in [-0.15, -0.1) is 15.8 Å². The van der Waals surface area contributed by atoms with Crippen LogP contribution in [0, 0.1) is 0 Å². The smallest absolute Gasteiger partial charge is 0.218 e. The molecule has 0 saturated carbocycles. The van der Waals surface area contributed by atoms with Crippen LogP contribution in [0.4, 0.5) is 4.79 Å². The van der Waals surface area contributed by atoms with Crippen LogP contribution < -0.4 is 5.11 Å². The van der Waals surface area contributed by atoms with Gasteiger partial charge in [0.05, 0.1) is 17.7 Å². The van der Waals surface area contributed by atoms with E-state index in [1.807, 2.05) is 0 Å². The van der Waals surface area contributed by atoms with E-state index in [2.05, 4.69) is 9.98 Å². The molecular formula is C11H11ClN4O2S. The number of allylic oxidation sites excluding steroid dienone is 1. The second kappa shape index (κ2) is 4.66. The number of rotatable bonds is 1. The molecule has 3 rings (SSSR count). The summed E-state index contributed by atoms with van der Waals surface area (Å²) in [6.07, 6.45) is 5.49. The van der Waals surface area contributed by atoms with Crippen molar-refractivity contribution in [3.05, 3.63) is 23.8 Å². The molecule has 0 aromatic carbocycles. The zero-order chi connectivity index (χ0) is 13.5. The molecule has 0 aromatic heterocycles. The molecule has 3 heterocycles. The van der Waals surface area contributed by atoms with Crippen LogP contribution in [0.25, 0.3) is 0 Å². The number of nitrogens with zero attached hydrogens (tertiary/aromatic N) is 4. The Labute approximate surface area is 119 Å². The minimum atomic E-state index is -1.14. The fourth-order valence-corrected chi connectivity index (χ4v) is 3.66. The number of carbonyl (C=O) groups is 1. The molecule has 2 unspecified atom stereocenters. The zero-order valence-electron chi connectivity index (χ0n) is 9.90. The van der Waals surface area contributed by atoms with Crippen LogP contribution in [0.15, 0.2) is 33.8 Å². The predicted molar refractivity (Wildman–Crippen MR) is 72.5 cm³/mol. The van der Waals surface area contributed by atoms with Gasteiger partial charge in [0.2, 0.25) is 12.0 Å². The molecule has 6 nitrogen and oxygen atoms in total. The van der Waals surface area contributed by atoms with Crippen LogP contribution in [0.5, 0.6) is 0 Å². The van der Waals surface area contributed by atoms with E-state index in [9.17, 15) is 9.90 Å². The fourth-order valence-electron chi connectivity index (χ4n) is 2.20. The summed E-state index contributed by atoms with van der Waals surface area (Å²) in [7, 11) is 0. The molecule has 2 atom stereocenters. The number of fused-ring (bicyclic) bond motifs is 1. The number of carbonyl (C=O) groups excluding carboxylic acids is 1. The minimum Gasteiger partial charge on any atom is -0.530 e. The highest BCUT2D eigenvalue weighted by Gasteiger charge is 2.41. The molecule has 19 heavy (non-hydrogen) atoms. The van der Waals surface area contributed by atoms with E-state index in [0.29, 0.717) is 13.1 Å². The van der Waals surface area contributed by atoms with Gasteiger partial charge in [-0.3, -0.25) is 4.99 Å². The number of halogens is 1. The monoisotopic (exact) mass is 298 g/mol. The molecule has 0 radical (unpaired) electrons. The van der Waals surface area contributed by atoms with Gasteiger partial charge in [0, 0.05) is 18.8 Å². The van der Waals surface area contributed by atoms with E-state index >= 15 is 0 Å². The third-order valence-corrected chi connectivity index (χ3v) is 4.77. The molecule has 100 valence electrons. The molecule has 3 aliphatic rings. The Bertz CT molecular complexity index is 545. The number of aliphatic imine (C=N–C) groups is 2. The van der Waals surface area contributed by atoms with Gasteiger partial charge in [-0.25, -0.2) is 0 Å². The van der Waals surface area contributed by atoms with E-state index < -0.39 is 6.09 Å². The lowest BCUT2D eigenvalue weighted by molar-refractivity contribution is -0.592. The molecule has 0 N–H and O–H groups in total. The van der Waals surface area contributed by atoms with E-state index in [0.717, 1.165) is 17.1 Å². The standard InChI is InChI=1S/C11H11ClN4O2S/c12-16-3-1-13-5-8(16)10(14-7-16)9-6-15(11(17)18)2-4-19-9/h1,3,5,7,9H,2,4,6H2. The third kappa shape index (κ3) is 2.18. The number of carboxylic acid groups (broad SMARTS) is 1. The van der Waals surface area contributed by atoms with Gasteiger partial charge in [-0.2, -0.15) is 4.99 Å². The van der Waals surface area contributed by atoms with Crippen molar-refractivity contribution in [1.29, 1.82) is 0 Å². The van der Waals surface area contributed by atoms with Gasteiger partial charge < -0.3 is 14.8 Å². The maximum Gasteiger partial charge on any atom is 0.218 e. The summed E-state index contributed by atoms with van der Waals surface area (Å²) in [6.45, 7) is 0.863. The van der Waals surface area contributed by atoms with Gasteiger partial charge in [0.1, 0.15) is 18.0 Å². The molecule has 0 bridgehead atoms. The van der Waals surface area contributed by atoms with E-state index in [4.69, 9.17) is 11.8 Å². The van der Waals surface area contributed by atoms with Crippen molar-refractivity contribution >= 4 is 42.2 Å². The molecule has 8 heteroatoms. The minimum absolute atomic E-state index is 0.0266. The van der Waals surface area contributed by atoms with Crippen molar-refractivity contribution in [3.8, 4) is 0 Å². The topological polar surface area (TPSA) is 68.1 Å². The largest absolute Gasteiger partial charge is 0.530 e. The zero-order valence-corrected chi connectivity index (χ0v) is 11.5. The van der Waals surface area contributed by atoms with Crippen molar-refractivity contribution < 1.29 is 13.9 Å². The number of amides is 1. The summed E-state index contributed by atoms with van der Waals surface area (Å²) in [5, 5.41) is 10.9. The summed E-state index contributed by atoms with van der Waals surface area (Å²) in [6, 6.07) is 0. The van der Waals surface area contributed by atoms with Gasteiger partial charge >= 0.3 is 0 Å². The second-order valence-electron chi connectivity index (χ2n) is 4.35. The van der Waals surface area contributed by atoms with Gasteiger partial charge in [0.25, 0.3) is 0 Å². The molecule has 0 spiro atoms. The van der Waals surface area contributed by atoms with Crippen molar-refractivity contribution in [1.82, 2.24) is 4.90 Å². The summed E-state index contributed by atoms with van der Waals surface area (Å²) >= 11 is 8.06. The first-order valence-electron chi connectivity index (χ1n) is 5.76. The number of hydrogen-bond donors (Lipinski definition) is 0. The van der Waals surface area contributed by atoms with Crippen LogP contribution in [0.3, 0.4) is 0 Å². The van der Waals surface area contributed by atoms with Gasteiger partial charge in [-0.05, 0) is 0 Å². The van der Waals surface area contributed by atoms with Crippen LogP contribution in [-0.4, -0.2) is 51.6 Å². The molecule has 3 aliphatic heterocycles. The van der Waals surface area contributed by atoms with Crippen molar-refractivity contribution in [2.24, 2.45) is 9.98 Å². The Kier molecular flexibility index (Phi) is 3.12.